The lowest BCUT2D eigenvalue weighted by molar-refractivity contribution is 0.669. The molecule has 14 rings (SSSR count). The summed E-state index contributed by atoms with van der Waals surface area (Å²) in [5.41, 5.74) is 13.7. The van der Waals surface area contributed by atoms with Crippen LogP contribution in [0.15, 0.2) is 277 Å². The number of hydrogen-bond donors (Lipinski definition) is 0. The van der Waals surface area contributed by atoms with E-state index in [1.54, 1.807) is 0 Å². The van der Waals surface area contributed by atoms with Gasteiger partial charge in [0.1, 0.15) is 11.2 Å². The van der Waals surface area contributed by atoms with Crippen LogP contribution in [0.25, 0.3) is 74.8 Å². The van der Waals surface area contributed by atoms with Crippen molar-refractivity contribution in [3.63, 3.8) is 0 Å². The van der Waals surface area contributed by atoms with Crippen LogP contribution in [0.3, 0.4) is 0 Å². The number of furan rings is 1. The summed E-state index contributed by atoms with van der Waals surface area (Å²) in [6.07, 6.45) is 0. The quantitative estimate of drug-likeness (QED) is 0.136. The van der Waals surface area contributed by atoms with E-state index >= 15 is 0 Å². The van der Waals surface area contributed by atoms with Crippen LogP contribution in [0.4, 0.5) is 51.2 Å². The monoisotopic (exact) mass is 951 g/mol. The number of hydrogen-bond acceptors (Lipinski definition) is 5. The second kappa shape index (κ2) is 17.8. The summed E-state index contributed by atoms with van der Waals surface area (Å²) < 4.78 is 9.11. The van der Waals surface area contributed by atoms with Gasteiger partial charge in [-0.25, -0.2) is 0 Å². The Hall–Kier alpha value is -9.42. The largest absolute Gasteiger partial charge is 0.456 e. The molecule has 0 radical (unpaired) electrons. The van der Waals surface area contributed by atoms with Crippen LogP contribution in [0.5, 0.6) is 0 Å². The predicted octanol–water partition coefficient (Wildman–Crippen LogP) is 20.3. The fraction of sp³-hybridized carbons (Fsp3) is 0. The Morgan fingerprint density at radius 3 is 1.42 bits per heavy atom. The summed E-state index contributed by atoms with van der Waals surface area (Å²) >= 11 is 1.84. The van der Waals surface area contributed by atoms with Crippen molar-refractivity contribution in [1.82, 2.24) is 0 Å². The maximum Gasteiger partial charge on any atom is 0.137 e. The first kappa shape index (κ1) is 42.5. The van der Waals surface area contributed by atoms with Crippen molar-refractivity contribution in [2.45, 2.75) is 0 Å². The molecule has 0 spiro atoms. The third kappa shape index (κ3) is 7.62. The van der Waals surface area contributed by atoms with Gasteiger partial charge in [-0.3, -0.25) is 0 Å². The Kier molecular flexibility index (Phi) is 10.3. The molecule has 0 saturated carbocycles. The van der Waals surface area contributed by atoms with Gasteiger partial charge >= 0.3 is 0 Å². The second-order valence-corrected chi connectivity index (χ2v) is 19.6. The number of rotatable bonds is 10. The minimum Gasteiger partial charge on any atom is -0.456 e. The van der Waals surface area contributed by atoms with Gasteiger partial charge in [0.15, 0.2) is 0 Å². The van der Waals surface area contributed by atoms with E-state index in [0.717, 1.165) is 78.5 Å². The summed E-state index contributed by atoms with van der Waals surface area (Å²) in [6.45, 7) is 0. The highest BCUT2D eigenvalue weighted by Crippen LogP contribution is 2.51. The van der Waals surface area contributed by atoms with Crippen molar-refractivity contribution in [2.75, 3.05) is 14.7 Å². The van der Waals surface area contributed by atoms with Gasteiger partial charge < -0.3 is 19.1 Å². The molecule has 0 N–H and O–H groups in total. The number of benzene rings is 12. The molecule has 0 amide bonds. The SMILES string of the molecule is c1ccc(-c2ccc(N(c3ccccc3)c3ccc4sc5cc(N(c6ccccc6)c6ccc7c(c6)oc6cc8ccccc8cc67)cc(N(c6ccccc6)c6ccc7ccccc7c6)c5c4c3)cc2)cc1. The Balaban J connectivity index is 1.01. The zero-order chi connectivity index (χ0) is 48.2. The Bertz CT molecular complexity index is 4320. The van der Waals surface area contributed by atoms with Crippen LogP contribution < -0.4 is 14.7 Å². The molecule has 73 heavy (non-hydrogen) atoms. The number of anilines is 9. The third-order valence-corrected chi connectivity index (χ3v) is 15.2. The maximum absolute atomic E-state index is 6.73. The van der Waals surface area contributed by atoms with Crippen LogP contribution in [0, 0.1) is 0 Å². The summed E-state index contributed by atoms with van der Waals surface area (Å²) in [6, 6.07) is 98.5. The Morgan fingerprint density at radius 2 is 0.740 bits per heavy atom. The molecular formula is C68H45N3OS. The molecule has 0 unspecified atom stereocenters. The number of fused-ring (bicyclic) bond motifs is 8. The predicted molar refractivity (Wildman–Crippen MR) is 311 cm³/mol. The molecule has 2 heterocycles. The highest BCUT2D eigenvalue weighted by molar-refractivity contribution is 7.26. The summed E-state index contributed by atoms with van der Waals surface area (Å²) in [7, 11) is 0. The van der Waals surface area contributed by atoms with Crippen LogP contribution in [0.1, 0.15) is 0 Å². The Morgan fingerprint density at radius 1 is 0.260 bits per heavy atom. The second-order valence-electron chi connectivity index (χ2n) is 18.6. The fourth-order valence-electron chi connectivity index (χ4n) is 10.7. The lowest BCUT2D eigenvalue weighted by Gasteiger charge is -2.30. The summed E-state index contributed by atoms with van der Waals surface area (Å²) in [5.74, 6) is 0. The van der Waals surface area contributed by atoms with Gasteiger partial charge in [-0.15, -0.1) is 11.3 Å². The molecule has 2 aromatic heterocycles. The zero-order valence-corrected chi connectivity index (χ0v) is 40.5. The van der Waals surface area contributed by atoms with Gasteiger partial charge in [-0.05, 0) is 148 Å². The lowest BCUT2D eigenvalue weighted by atomic mass is 10.0. The topological polar surface area (TPSA) is 22.9 Å². The number of nitrogens with zero attached hydrogens (tertiary/aromatic N) is 3. The first-order chi connectivity index (χ1) is 36.2. The standard InChI is InChI=1S/C68H45N3OS/c1-5-17-46(18-6-1)48-29-32-55(33-30-48)69(52-23-7-2-8-24-52)57-36-38-66-62(42-57)68-63(71(54-27-11-4-12-28-54)56-34-31-47-19-13-14-20-49(47)39-56)43-59(45-67(68)73-66)70(53-25-9-3-10-26-53)58-35-37-60-61-40-50-21-15-16-22-51(50)41-64(61)72-65(60)44-58/h1-45H. The molecule has 0 bridgehead atoms. The van der Waals surface area contributed by atoms with Gasteiger partial charge in [0.2, 0.25) is 0 Å². The van der Waals surface area contributed by atoms with Gasteiger partial charge in [-0.1, -0.05) is 152 Å². The van der Waals surface area contributed by atoms with Crippen molar-refractivity contribution in [2.24, 2.45) is 0 Å². The maximum atomic E-state index is 6.73. The molecule has 0 aliphatic rings. The van der Waals surface area contributed by atoms with Crippen LogP contribution in [-0.2, 0) is 0 Å². The normalized spacial score (nSPS) is 11.6. The van der Waals surface area contributed by atoms with E-state index in [4.69, 9.17) is 4.42 Å². The minimum absolute atomic E-state index is 0.846. The third-order valence-electron chi connectivity index (χ3n) is 14.1. The van der Waals surface area contributed by atoms with E-state index in [1.807, 2.05) is 11.3 Å². The zero-order valence-electron chi connectivity index (χ0n) is 39.6. The van der Waals surface area contributed by atoms with E-state index in [1.165, 1.54) is 47.5 Å². The average molecular weight is 952 g/mol. The van der Waals surface area contributed by atoms with E-state index in [2.05, 4.69) is 288 Å². The summed E-state index contributed by atoms with van der Waals surface area (Å²) in [5, 5.41) is 9.32. The van der Waals surface area contributed by atoms with E-state index in [0.29, 0.717) is 0 Å². The molecule has 14 aromatic rings. The summed E-state index contributed by atoms with van der Waals surface area (Å²) in [4.78, 5) is 7.20. The molecule has 0 aliphatic carbocycles. The van der Waals surface area contributed by atoms with Gasteiger partial charge in [0, 0.05) is 82.5 Å². The Labute approximate surface area is 427 Å². The highest BCUT2D eigenvalue weighted by Gasteiger charge is 2.25. The molecule has 4 nitrogen and oxygen atoms in total. The van der Waals surface area contributed by atoms with Crippen molar-refractivity contribution < 1.29 is 4.42 Å². The van der Waals surface area contributed by atoms with Crippen molar-refractivity contribution in [1.29, 1.82) is 0 Å². The molecule has 0 saturated heterocycles. The van der Waals surface area contributed by atoms with Crippen molar-refractivity contribution >= 4 is 126 Å². The van der Waals surface area contributed by atoms with Crippen LogP contribution in [-0.4, -0.2) is 0 Å². The van der Waals surface area contributed by atoms with Gasteiger partial charge in [0.05, 0.1) is 5.69 Å². The molecule has 12 aromatic carbocycles. The average Bonchev–Trinajstić information content (AvgIpc) is 4.01. The fourth-order valence-corrected chi connectivity index (χ4v) is 11.8. The molecule has 0 fully saturated rings. The first-order valence-electron chi connectivity index (χ1n) is 24.7. The van der Waals surface area contributed by atoms with Gasteiger partial charge in [-0.2, -0.15) is 0 Å². The highest BCUT2D eigenvalue weighted by atomic mass is 32.1. The number of para-hydroxylation sites is 3. The lowest BCUT2D eigenvalue weighted by Crippen LogP contribution is -2.13. The van der Waals surface area contributed by atoms with Crippen molar-refractivity contribution in [3.05, 3.63) is 273 Å². The van der Waals surface area contributed by atoms with E-state index in [-0.39, 0.29) is 0 Å². The van der Waals surface area contributed by atoms with Crippen molar-refractivity contribution in [3.8, 4) is 11.1 Å². The molecular weight excluding hydrogens is 907 g/mol. The molecule has 5 heteroatoms. The molecule has 0 aliphatic heterocycles. The number of thiophene rings is 1. The van der Waals surface area contributed by atoms with E-state index < -0.39 is 0 Å². The minimum atomic E-state index is 0.846. The molecule has 344 valence electrons. The van der Waals surface area contributed by atoms with E-state index in [9.17, 15) is 0 Å². The van der Waals surface area contributed by atoms with Gasteiger partial charge in [0.25, 0.3) is 0 Å². The van der Waals surface area contributed by atoms with Crippen LogP contribution >= 0.6 is 11.3 Å². The first-order valence-corrected chi connectivity index (χ1v) is 25.5. The molecule has 0 atom stereocenters. The van der Waals surface area contributed by atoms with Crippen LogP contribution in [0.2, 0.25) is 0 Å². The smallest absolute Gasteiger partial charge is 0.137 e.